The molecule has 0 spiro atoms. The normalized spacial score (nSPS) is 18.8. The van der Waals surface area contributed by atoms with E-state index in [0.717, 1.165) is 43.7 Å². The van der Waals surface area contributed by atoms with Gasteiger partial charge in [-0.15, -0.1) is 0 Å². The van der Waals surface area contributed by atoms with Gasteiger partial charge in [0.2, 0.25) is 5.91 Å². The predicted molar refractivity (Wildman–Crippen MR) is 78.4 cm³/mol. The molecule has 1 unspecified atom stereocenters. The van der Waals surface area contributed by atoms with Gasteiger partial charge < -0.3 is 16.0 Å². The molecular formula is C14H20ClN3O. The fourth-order valence-electron chi connectivity index (χ4n) is 2.51. The van der Waals surface area contributed by atoms with E-state index in [9.17, 15) is 4.79 Å². The summed E-state index contributed by atoms with van der Waals surface area (Å²) in [7, 11) is 0. The van der Waals surface area contributed by atoms with Crippen LogP contribution >= 0.6 is 11.6 Å². The molecule has 1 aromatic rings. The summed E-state index contributed by atoms with van der Waals surface area (Å²) >= 11 is 6.34. The molecule has 0 saturated carbocycles. The van der Waals surface area contributed by atoms with Crippen molar-refractivity contribution in [1.82, 2.24) is 5.32 Å². The summed E-state index contributed by atoms with van der Waals surface area (Å²) in [5.74, 6) is -0.273. The van der Waals surface area contributed by atoms with Crippen LogP contribution < -0.4 is 16.0 Å². The van der Waals surface area contributed by atoms with E-state index in [1.807, 2.05) is 23.1 Å². The lowest BCUT2D eigenvalue weighted by Crippen LogP contribution is -2.40. The minimum absolute atomic E-state index is 0.225. The van der Waals surface area contributed by atoms with Gasteiger partial charge in [0.05, 0.1) is 10.7 Å². The first-order valence-electron chi connectivity index (χ1n) is 6.68. The molecule has 104 valence electrons. The number of rotatable bonds is 5. The first-order chi connectivity index (χ1) is 9.13. The van der Waals surface area contributed by atoms with Crippen LogP contribution in [0.3, 0.4) is 0 Å². The van der Waals surface area contributed by atoms with Crippen LogP contribution in [0.15, 0.2) is 18.2 Å². The van der Waals surface area contributed by atoms with Gasteiger partial charge in [0.1, 0.15) is 6.04 Å². The van der Waals surface area contributed by atoms with E-state index in [1.165, 1.54) is 0 Å². The number of carbonyl (C=O) groups is 1. The molecule has 4 nitrogen and oxygen atoms in total. The zero-order valence-corrected chi connectivity index (χ0v) is 11.9. The van der Waals surface area contributed by atoms with Gasteiger partial charge in [-0.25, -0.2) is 0 Å². The molecule has 2 rings (SSSR count). The predicted octanol–water partition coefficient (Wildman–Crippen LogP) is 1.90. The molecule has 1 heterocycles. The molecule has 1 atom stereocenters. The Bertz CT molecular complexity index is 464. The molecule has 1 aliphatic rings. The smallest absolute Gasteiger partial charge is 0.240 e. The Hall–Kier alpha value is -1.26. The largest absolute Gasteiger partial charge is 0.368 e. The number of anilines is 1. The molecule has 5 heteroatoms. The molecule has 1 aromatic carbocycles. The second-order valence-corrected chi connectivity index (χ2v) is 5.23. The summed E-state index contributed by atoms with van der Waals surface area (Å²) in [6.07, 6.45) is 1.79. The van der Waals surface area contributed by atoms with Crippen molar-refractivity contribution in [1.29, 1.82) is 0 Å². The molecule has 0 bridgehead atoms. The second-order valence-electron chi connectivity index (χ2n) is 4.82. The Morgan fingerprint density at radius 1 is 1.58 bits per heavy atom. The summed E-state index contributed by atoms with van der Waals surface area (Å²) in [5.41, 5.74) is 7.49. The molecule has 1 aliphatic heterocycles. The lowest BCUT2D eigenvalue weighted by molar-refractivity contribution is -0.119. The van der Waals surface area contributed by atoms with Crippen LogP contribution in [0.1, 0.15) is 25.3 Å². The molecule has 19 heavy (non-hydrogen) atoms. The van der Waals surface area contributed by atoms with Crippen LogP contribution in [0.25, 0.3) is 0 Å². The first kappa shape index (κ1) is 14.2. The SMILES string of the molecule is CCNCc1ccc(N2CCCC2C(N)=O)c(Cl)c1. The first-order valence-corrected chi connectivity index (χ1v) is 7.06. The number of carbonyl (C=O) groups excluding carboxylic acids is 1. The average Bonchev–Trinajstić information content (AvgIpc) is 2.85. The van der Waals surface area contributed by atoms with E-state index in [2.05, 4.69) is 12.2 Å². The van der Waals surface area contributed by atoms with E-state index in [-0.39, 0.29) is 11.9 Å². The van der Waals surface area contributed by atoms with Gasteiger partial charge in [0.15, 0.2) is 0 Å². The highest BCUT2D eigenvalue weighted by molar-refractivity contribution is 6.33. The highest BCUT2D eigenvalue weighted by atomic mass is 35.5. The number of amides is 1. The number of nitrogens with two attached hydrogens (primary N) is 1. The highest BCUT2D eigenvalue weighted by Crippen LogP contribution is 2.32. The Kier molecular flexibility index (Phi) is 4.66. The van der Waals surface area contributed by atoms with Gasteiger partial charge in [-0.3, -0.25) is 4.79 Å². The van der Waals surface area contributed by atoms with Crippen molar-refractivity contribution in [2.45, 2.75) is 32.4 Å². The van der Waals surface area contributed by atoms with Crippen LogP contribution in [-0.4, -0.2) is 25.0 Å². The number of nitrogens with zero attached hydrogens (tertiary/aromatic N) is 1. The van der Waals surface area contributed by atoms with Crippen LogP contribution in [0.5, 0.6) is 0 Å². The quantitative estimate of drug-likeness (QED) is 0.867. The molecule has 1 fully saturated rings. The van der Waals surface area contributed by atoms with E-state index in [4.69, 9.17) is 17.3 Å². The standard InChI is InChI=1S/C14H20ClN3O/c1-2-17-9-10-5-6-12(11(15)8-10)18-7-3-4-13(18)14(16)19/h5-6,8,13,17H,2-4,7,9H2,1H3,(H2,16,19). The van der Waals surface area contributed by atoms with Gasteiger partial charge >= 0.3 is 0 Å². The number of halogens is 1. The van der Waals surface area contributed by atoms with Gasteiger partial charge in [-0.2, -0.15) is 0 Å². The average molecular weight is 282 g/mol. The third-order valence-electron chi connectivity index (χ3n) is 3.48. The van der Waals surface area contributed by atoms with Crippen molar-refractivity contribution in [3.63, 3.8) is 0 Å². The van der Waals surface area contributed by atoms with Gasteiger partial charge in [0.25, 0.3) is 0 Å². The zero-order chi connectivity index (χ0) is 13.8. The highest BCUT2D eigenvalue weighted by Gasteiger charge is 2.30. The van der Waals surface area contributed by atoms with Crippen molar-refractivity contribution < 1.29 is 4.79 Å². The Balaban J connectivity index is 2.18. The maximum Gasteiger partial charge on any atom is 0.240 e. The van der Waals surface area contributed by atoms with Crippen molar-refractivity contribution in [3.05, 3.63) is 28.8 Å². The summed E-state index contributed by atoms with van der Waals surface area (Å²) in [4.78, 5) is 13.4. The number of primary amides is 1. The Morgan fingerprint density at radius 3 is 3.00 bits per heavy atom. The Morgan fingerprint density at radius 2 is 2.37 bits per heavy atom. The fraction of sp³-hybridized carbons (Fsp3) is 0.500. The zero-order valence-electron chi connectivity index (χ0n) is 11.2. The molecule has 1 amide bonds. The molecule has 0 aromatic heterocycles. The molecule has 1 saturated heterocycles. The van der Waals surface area contributed by atoms with Crippen molar-refractivity contribution in [3.8, 4) is 0 Å². The summed E-state index contributed by atoms with van der Waals surface area (Å²) in [6.45, 7) is 4.63. The van der Waals surface area contributed by atoms with Crippen molar-refractivity contribution >= 4 is 23.2 Å². The second kappa shape index (κ2) is 6.26. The number of hydrogen-bond acceptors (Lipinski definition) is 3. The van der Waals surface area contributed by atoms with Crippen LogP contribution in [-0.2, 0) is 11.3 Å². The fourth-order valence-corrected chi connectivity index (χ4v) is 2.83. The van der Waals surface area contributed by atoms with E-state index >= 15 is 0 Å². The van der Waals surface area contributed by atoms with E-state index < -0.39 is 0 Å². The molecular weight excluding hydrogens is 262 g/mol. The van der Waals surface area contributed by atoms with Crippen LogP contribution in [0.2, 0.25) is 5.02 Å². The van der Waals surface area contributed by atoms with Crippen LogP contribution in [0.4, 0.5) is 5.69 Å². The Labute approximate surface area is 118 Å². The van der Waals surface area contributed by atoms with E-state index in [0.29, 0.717) is 5.02 Å². The molecule has 0 aliphatic carbocycles. The summed E-state index contributed by atoms with van der Waals surface area (Å²) < 4.78 is 0. The maximum absolute atomic E-state index is 11.4. The van der Waals surface area contributed by atoms with Crippen LogP contribution in [0, 0.1) is 0 Å². The summed E-state index contributed by atoms with van der Waals surface area (Å²) in [6, 6.07) is 5.75. The number of benzene rings is 1. The molecule has 0 radical (unpaired) electrons. The van der Waals surface area contributed by atoms with Crippen molar-refractivity contribution in [2.24, 2.45) is 5.73 Å². The lowest BCUT2D eigenvalue weighted by Gasteiger charge is -2.25. The van der Waals surface area contributed by atoms with Crippen molar-refractivity contribution in [2.75, 3.05) is 18.0 Å². The number of hydrogen-bond donors (Lipinski definition) is 2. The lowest BCUT2D eigenvalue weighted by atomic mass is 10.1. The minimum Gasteiger partial charge on any atom is -0.368 e. The third kappa shape index (κ3) is 3.19. The van der Waals surface area contributed by atoms with Gasteiger partial charge in [-0.1, -0.05) is 24.6 Å². The molecule has 3 N–H and O–H groups in total. The third-order valence-corrected chi connectivity index (χ3v) is 3.78. The number of nitrogens with one attached hydrogen (secondary N) is 1. The maximum atomic E-state index is 11.4. The minimum atomic E-state index is -0.273. The summed E-state index contributed by atoms with van der Waals surface area (Å²) in [5, 5.41) is 3.95. The topological polar surface area (TPSA) is 58.4 Å². The van der Waals surface area contributed by atoms with Gasteiger partial charge in [-0.05, 0) is 37.1 Å². The monoisotopic (exact) mass is 281 g/mol. The van der Waals surface area contributed by atoms with Gasteiger partial charge in [0, 0.05) is 13.1 Å². The van der Waals surface area contributed by atoms with E-state index in [1.54, 1.807) is 0 Å².